The summed E-state index contributed by atoms with van der Waals surface area (Å²) in [5.74, 6) is 1.22. The fourth-order valence-electron chi connectivity index (χ4n) is 1.65. The van der Waals surface area contributed by atoms with Gasteiger partial charge in [-0.05, 0) is 25.2 Å². The number of rotatable bonds is 6. The lowest BCUT2D eigenvalue weighted by Crippen LogP contribution is -2.25. The molecule has 0 saturated heterocycles. The second kappa shape index (κ2) is 6.88. The van der Waals surface area contributed by atoms with Crippen LogP contribution in [0.4, 0.5) is 0 Å². The fourth-order valence-corrected chi connectivity index (χ4v) is 2.85. The Morgan fingerprint density at radius 3 is 2.50 bits per heavy atom. The monoisotopic (exact) mass is 268 g/mol. The molecule has 4 heteroatoms. The van der Waals surface area contributed by atoms with E-state index in [0.717, 1.165) is 35.0 Å². The van der Waals surface area contributed by atoms with Crippen LogP contribution in [0.3, 0.4) is 0 Å². The highest BCUT2D eigenvalue weighted by Gasteiger charge is 2.15. The Morgan fingerprint density at radius 1 is 1.28 bits per heavy atom. The number of carbonyl (C=O) groups excluding carboxylic acids is 1. The molecule has 1 heterocycles. The molecule has 0 aliphatic rings. The number of aryl methyl sites for hydroxylation is 1. The van der Waals surface area contributed by atoms with Crippen molar-refractivity contribution in [3.05, 3.63) is 15.6 Å². The minimum atomic E-state index is 0.0284. The molecule has 0 aromatic carbocycles. The highest BCUT2D eigenvalue weighted by Crippen LogP contribution is 2.20. The predicted molar refractivity (Wildman–Crippen MR) is 77.2 cm³/mol. The zero-order valence-corrected chi connectivity index (χ0v) is 12.9. The third-order valence-corrected chi connectivity index (χ3v) is 3.82. The van der Waals surface area contributed by atoms with Crippen LogP contribution in [0.2, 0.25) is 0 Å². The van der Waals surface area contributed by atoms with E-state index in [1.165, 1.54) is 11.3 Å². The zero-order valence-electron chi connectivity index (χ0n) is 12.0. The molecular formula is C14H24N2OS. The van der Waals surface area contributed by atoms with Crippen LogP contribution < -0.4 is 5.32 Å². The molecule has 1 amide bonds. The van der Waals surface area contributed by atoms with Crippen molar-refractivity contribution in [1.82, 2.24) is 10.3 Å². The molecule has 3 nitrogen and oxygen atoms in total. The van der Waals surface area contributed by atoms with Crippen LogP contribution in [-0.2, 0) is 6.42 Å². The lowest BCUT2D eigenvalue weighted by atomic mass is 10.1. The van der Waals surface area contributed by atoms with Crippen molar-refractivity contribution >= 4 is 17.2 Å². The Morgan fingerprint density at radius 2 is 1.94 bits per heavy atom. The van der Waals surface area contributed by atoms with Gasteiger partial charge in [0.05, 0.1) is 10.7 Å². The molecule has 0 aliphatic heterocycles. The maximum absolute atomic E-state index is 12.0. The smallest absolute Gasteiger partial charge is 0.263 e. The minimum absolute atomic E-state index is 0.0284. The Hall–Kier alpha value is -0.900. The van der Waals surface area contributed by atoms with Gasteiger partial charge in [0.2, 0.25) is 0 Å². The van der Waals surface area contributed by atoms with Crippen molar-refractivity contribution in [3.63, 3.8) is 0 Å². The summed E-state index contributed by atoms with van der Waals surface area (Å²) in [5, 5.41) is 4.04. The molecule has 0 radical (unpaired) electrons. The van der Waals surface area contributed by atoms with Crippen LogP contribution in [0.5, 0.6) is 0 Å². The largest absolute Gasteiger partial charge is 0.351 e. The Kier molecular flexibility index (Phi) is 5.79. The molecule has 18 heavy (non-hydrogen) atoms. The number of carbonyl (C=O) groups is 1. The Balaban J connectivity index is 2.59. The molecule has 0 saturated carbocycles. The first kappa shape index (κ1) is 15.2. The van der Waals surface area contributed by atoms with E-state index in [4.69, 9.17) is 0 Å². The molecule has 102 valence electrons. The van der Waals surface area contributed by atoms with Gasteiger partial charge in [0, 0.05) is 13.0 Å². The molecular weight excluding hydrogens is 244 g/mol. The number of hydrogen-bond acceptors (Lipinski definition) is 3. The van der Waals surface area contributed by atoms with Gasteiger partial charge in [-0.1, -0.05) is 27.7 Å². The van der Waals surface area contributed by atoms with Crippen molar-refractivity contribution in [2.45, 2.75) is 47.5 Å². The van der Waals surface area contributed by atoms with Gasteiger partial charge in [-0.2, -0.15) is 0 Å². The molecule has 0 spiro atoms. The van der Waals surface area contributed by atoms with Gasteiger partial charge in [-0.15, -0.1) is 11.3 Å². The Bertz CT molecular complexity index is 396. The van der Waals surface area contributed by atoms with Crippen LogP contribution >= 0.6 is 11.3 Å². The van der Waals surface area contributed by atoms with E-state index in [0.29, 0.717) is 11.8 Å². The summed E-state index contributed by atoms with van der Waals surface area (Å²) >= 11 is 1.53. The summed E-state index contributed by atoms with van der Waals surface area (Å²) in [6.45, 7) is 11.3. The minimum Gasteiger partial charge on any atom is -0.351 e. The van der Waals surface area contributed by atoms with Gasteiger partial charge < -0.3 is 5.32 Å². The SMILES string of the molecule is Cc1nc(CC(C)C)sc1C(=O)NCCC(C)C. The molecule has 1 aromatic rings. The normalized spacial score (nSPS) is 11.3. The number of thiazole rings is 1. The second-order valence-electron chi connectivity index (χ2n) is 5.56. The quantitative estimate of drug-likeness (QED) is 0.859. The lowest BCUT2D eigenvalue weighted by Gasteiger charge is -2.05. The summed E-state index contributed by atoms with van der Waals surface area (Å²) < 4.78 is 0. The first-order chi connectivity index (χ1) is 8.40. The van der Waals surface area contributed by atoms with E-state index >= 15 is 0 Å². The first-order valence-electron chi connectivity index (χ1n) is 6.64. The van der Waals surface area contributed by atoms with Crippen molar-refractivity contribution in [3.8, 4) is 0 Å². The van der Waals surface area contributed by atoms with Gasteiger partial charge in [-0.3, -0.25) is 4.79 Å². The molecule has 1 N–H and O–H groups in total. The van der Waals surface area contributed by atoms with E-state index < -0.39 is 0 Å². The van der Waals surface area contributed by atoms with E-state index in [1.54, 1.807) is 0 Å². The molecule has 0 unspecified atom stereocenters. The third-order valence-electron chi connectivity index (χ3n) is 2.64. The summed E-state index contributed by atoms with van der Waals surface area (Å²) in [7, 11) is 0. The Labute approximate surface area is 114 Å². The van der Waals surface area contributed by atoms with Crippen LogP contribution in [0.15, 0.2) is 0 Å². The second-order valence-corrected chi connectivity index (χ2v) is 6.64. The average Bonchev–Trinajstić information content (AvgIpc) is 2.57. The number of aromatic nitrogens is 1. The van der Waals surface area contributed by atoms with Crippen molar-refractivity contribution < 1.29 is 4.79 Å². The summed E-state index contributed by atoms with van der Waals surface area (Å²) in [4.78, 5) is 17.3. The van der Waals surface area contributed by atoms with Crippen molar-refractivity contribution in [1.29, 1.82) is 0 Å². The highest BCUT2D eigenvalue weighted by molar-refractivity contribution is 7.13. The molecule has 0 aliphatic carbocycles. The highest BCUT2D eigenvalue weighted by atomic mass is 32.1. The van der Waals surface area contributed by atoms with E-state index in [-0.39, 0.29) is 5.91 Å². The molecule has 0 fully saturated rings. The van der Waals surface area contributed by atoms with Gasteiger partial charge in [-0.25, -0.2) is 4.98 Å². The number of amides is 1. The van der Waals surface area contributed by atoms with Crippen LogP contribution in [0, 0.1) is 18.8 Å². The van der Waals surface area contributed by atoms with Crippen LogP contribution in [0.1, 0.15) is 54.5 Å². The summed E-state index contributed by atoms with van der Waals surface area (Å²) in [6, 6.07) is 0. The maximum atomic E-state index is 12.0. The number of nitrogens with zero attached hydrogens (tertiary/aromatic N) is 1. The van der Waals surface area contributed by atoms with Gasteiger partial charge >= 0.3 is 0 Å². The standard InChI is InChI=1S/C14H24N2OS/c1-9(2)6-7-15-14(17)13-11(5)16-12(18-13)8-10(3)4/h9-10H,6-8H2,1-5H3,(H,15,17). The van der Waals surface area contributed by atoms with Crippen molar-refractivity contribution in [2.24, 2.45) is 11.8 Å². The van der Waals surface area contributed by atoms with Gasteiger partial charge in [0.1, 0.15) is 4.88 Å². The molecule has 0 atom stereocenters. The van der Waals surface area contributed by atoms with Gasteiger partial charge in [0.25, 0.3) is 5.91 Å². The summed E-state index contributed by atoms with van der Waals surface area (Å²) in [5.41, 5.74) is 0.859. The predicted octanol–water partition coefficient (Wildman–Crippen LogP) is 3.43. The first-order valence-corrected chi connectivity index (χ1v) is 7.46. The number of hydrogen-bond donors (Lipinski definition) is 1. The topological polar surface area (TPSA) is 42.0 Å². The maximum Gasteiger partial charge on any atom is 0.263 e. The van der Waals surface area contributed by atoms with Crippen molar-refractivity contribution in [2.75, 3.05) is 6.54 Å². The molecule has 0 bridgehead atoms. The molecule has 1 rings (SSSR count). The lowest BCUT2D eigenvalue weighted by molar-refractivity contribution is 0.0955. The van der Waals surface area contributed by atoms with E-state index in [2.05, 4.69) is 38.0 Å². The van der Waals surface area contributed by atoms with Crippen LogP contribution in [-0.4, -0.2) is 17.4 Å². The summed E-state index contributed by atoms with van der Waals surface area (Å²) in [6.07, 6.45) is 1.97. The fraction of sp³-hybridized carbons (Fsp3) is 0.714. The number of nitrogens with one attached hydrogen (secondary N) is 1. The van der Waals surface area contributed by atoms with E-state index in [1.807, 2.05) is 6.92 Å². The van der Waals surface area contributed by atoms with Gasteiger partial charge in [0.15, 0.2) is 0 Å². The van der Waals surface area contributed by atoms with E-state index in [9.17, 15) is 4.79 Å². The third kappa shape index (κ3) is 4.77. The average molecular weight is 268 g/mol. The zero-order chi connectivity index (χ0) is 13.7. The van der Waals surface area contributed by atoms with Crippen LogP contribution in [0.25, 0.3) is 0 Å². The molecule has 1 aromatic heterocycles.